The molecule has 1 aliphatic carbocycles. The summed E-state index contributed by atoms with van der Waals surface area (Å²) >= 11 is 5.84. The minimum absolute atomic E-state index is 0.176. The SMILES string of the molecule is CC1=NC2C=CC(CNC(=O)Nc3ccc(Cl)cc3)=CC2C(=O)N1C1CCC(=O)NC1=O. The molecule has 0 spiro atoms. The van der Waals surface area contributed by atoms with Gasteiger partial charge >= 0.3 is 6.03 Å². The van der Waals surface area contributed by atoms with Crippen molar-refractivity contribution in [3.63, 3.8) is 0 Å². The van der Waals surface area contributed by atoms with E-state index >= 15 is 0 Å². The van der Waals surface area contributed by atoms with Crippen LogP contribution in [0.2, 0.25) is 5.02 Å². The van der Waals surface area contributed by atoms with E-state index in [1.807, 2.05) is 12.2 Å². The zero-order valence-corrected chi connectivity index (χ0v) is 18.1. The first-order chi connectivity index (χ1) is 15.3. The molecule has 3 unspecified atom stereocenters. The number of fused-ring (bicyclic) bond motifs is 1. The second-order valence-electron chi connectivity index (χ2n) is 7.78. The largest absolute Gasteiger partial charge is 0.334 e. The van der Waals surface area contributed by atoms with Gasteiger partial charge in [0.05, 0.1) is 12.0 Å². The van der Waals surface area contributed by atoms with Crippen LogP contribution in [0.25, 0.3) is 0 Å². The van der Waals surface area contributed by atoms with Crippen LogP contribution < -0.4 is 16.0 Å². The minimum Gasteiger partial charge on any atom is -0.334 e. The van der Waals surface area contributed by atoms with Crippen LogP contribution in [0.3, 0.4) is 0 Å². The van der Waals surface area contributed by atoms with E-state index in [4.69, 9.17) is 11.6 Å². The first-order valence-electron chi connectivity index (χ1n) is 10.2. The Morgan fingerprint density at radius 1 is 1.25 bits per heavy atom. The van der Waals surface area contributed by atoms with Gasteiger partial charge < -0.3 is 10.6 Å². The van der Waals surface area contributed by atoms with Crippen molar-refractivity contribution in [3.05, 3.63) is 53.1 Å². The number of nitrogens with zero attached hydrogens (tertiary/aromatic N) is 2. The zero-order chi connectivity index (χ0) is 22.8. The van der Waals surface area contributed by atoms with Crippen LogP contribution in [0.15, 0.2) is 53.1 Å². The Bertz CT molecular complexity index is 1060. The second kappa shape index (κ2) is 8.96. The Hall–Kier alpha value is -3.46. The number of carbonyl (C=O) groups is 4. The molecule has 3 atom stereocenters. The smallest absolute Gasteiger partial charge is 0.319 e. The van der Waals surface area contributed by atoms with Gasteiger partial charge in [0.2, 0.25) is 17.7 Å². The summed E-state index contributed by atoms with van der Waals surface area (Å²) in [7, 11) is 0. The normalized spacial score (nSPS) is 24.9. The van der Waals surface area contributed by atoms with Crippen molar-refractivity contribution < 1.29 is 19.2 Å². The number of hydrogen-bond donors (Lipinski definition) is 3. The first kappa shape index (κ1) is 21.8. The van der Waals surface area contributed by atoms with Gasteiger partial charge in [0.1, 0.15) is 11.9 Å². The molecule has 3 N–H and O–H groups in total. The summed E-state index contributed by atoms with van der Waals surface area (Å²) in [6.07, 6.45) is 5.86. The third kappa shape index (κ3) is 4.57. The number of halogens is 1. The van der Waals surface area contributed by atoms with Gasteiger partial charge in [-0.25, -0.2) is 4.79 Å². The van der Waals surface area contributed by atoms with Gasteiger partial charge in [-0.1, -0.05) is 29.8 Å². The Kier molecular flexibility index (Phi) is 6.09. The highest BCUT2D eigenvalue weighted by molar-refractivity contribution is 6.30. The van der Waals surface area contributed by atoms with Crippen LogP contribution >= 0.6 is 11.6 Å². The van der Waals surface area contributed by atoms with E-state index in [-0.39, 0.29) is 37.2 Å². The molecule has 1 aromatic rings. The Morgan fingerprint density at radius 3 is 2.72 bits per heavy atom. The van der Waals surface area contributed by atoms with E-state index < -0.39 is 23.9 Å². The van der Waals surface area contributed by atoms with E-state index in [0.717, 1.165) is 5.57 Å². The molecule has 3 aliphatic rings. The molecule has 2 heterocycles. The van der Waals surface area contributed by atoms with Crippen molar-refractivity contribution in [2.24, 2.45) is 10.9 Å². The van der Waals surface area contributed by atoms with E-state index in [1.165, 1.54) is 4.90 Å². The van der Waals surface area contributed by atoms with Crippen LogP contribution in [0.5, 0.6) is 0 Å². The molecule has 4 rings (SSSR count). The van der Waals surface area contributed by atoms with Gasteiger partial charge in [-0.05, 0) is 43.2 Å². The molecule has 166 valence electrons. The van der Waals surface area contributed by atoms with E-state index in [0.29, 0.717) is 16.5 Å². The molecule has 32 heavy (non-hydrogen) atoms. The predicted molar refractivity (Wildman–Crippen MR) is 119 cm³/mol. The third-order valence-corrected chi connectivity index (χ3v) is 5.81. The summed E-state index contributed by atoms with van der Waals surface area (Å²) in [6.45, 7) is 1.90. The van der Waals surface area contributed by atoms with Crippen molar-refractivity contribution in [2.45, 2.75) is 31.8 Å². The van der Waals surface area contributed by atoms with Crippen molar-refractivity contribution >= 4 is 46.9 Å². The maximum atomic E-state index is 13.2. The first-order valence-corrected chi connectivity index (χ1v) is 10.6. The second-order valence-corrected chi connectivity index (χ2v) is 8.22. The number of carbonyl (C=O) groups excluding carboxylic acids is 4. The van der Waals surface area contributed by atoms with Crippen LogP contribution in [-0.4, -0.2) is 53.1 Å². The lowest BCUT2D eigenvalue weighted by Crippen LogP contribution is -2.59. The lowest BCUT2D eigenvalue weighted by atomic mass is 9.88. The summed E-state index contributed by atoms with van der Waals surface area (Å²) < 4.78 is 0. The minimum atomic E-state index is -0.754. The number of nitrogens with one attached hydrogen (secondary N) is 3. The number of anilines is 1. The van der Waals surface area contributed by atoms with Gasteiger partial charge in [0.25, 0.3) is 0 Å². The molecule has 1 aromatic carbocycles. The molecule has 2 aliphatic heterocycles. The maximum absolute atomic E-state index is 13.2. The van der Waals surface area contributed by atoms with Crippen molar-refractivity contribution in [1.29, 1.82) is 0 Å². The number of piperidine rings is 1. The molecule has 5 amide bonds. The lowest BCUT2D eigenvalue weighted by Gasteiger charge is -2.39. The molecule has 0 saturated carbocycles. The average Bonchev–Trinajstić information content (AvgIpc) is 2.75. The highest BCUT2D eigenvalue weighted by atomic mass is 35.5. The Morgan fingerprint density at radius 2 is 2.00 bits per heavy atom. The number of hydrogen-bond acceptors (Lipinski definition) is 5. The summed E-state index contributed by atoms with van der Waals surface area (Å²) in [5.41, 5.74) is 1.36. The molecule has 0 aromatic heterocycles. The predicted octanol–water partition coefficient (Wildman–Crippen LogP) is 2.01. The number of benzene rings is 1. The molecule has 1 fully saturated rings. The van der Waals surface area contributed by atoms with E-state index in [1.54, 1.807) is 37.3 Å². The molecular formula is C22H22ClN5O4. The van der Waals surface area contributed by atoms with Gasteiger partial charge in [0.15, 0.2) is 0 Å². The summed E-state index contributed by atoms with van der Waals surface area (Å²) in [5, 5.41) is 8.33. The third-order valence-electron chi connectivity index (χ3n) is 5.55. The van der Waals surface area contributed by atoms with E-state index in [2.05, 4.69) is 20.9 Å². The molecule has 10 heteroatoms. The fourth-order valence-electron chi connectivity index (χ4n) is 3.98. The molecule has 0 bridgehead atoms. The van der Waals surface area contributed by atoms with Crippen molar-refractivity contribution in [3.8, 4) is 0 Å². The Balaban J connectivity index is 1.42. The number of amidine groups is 1. The number of imide groups is 1. The fraction of sp³-hybridized carbons (Fsp3) is 0.318. The zero-order valence-electron chi connectivity index (χ0n) is 17.3. The Labute approximate surface area is 189 Å². The van der Waals surface area contributed by atoms with Gasteiger partial charge in [0, 0.05) is 23.7 Å². The van der Waals surface area contributed by atoms with E-state index in [9.17, 15) is 19.2 Å². The van der Waals surface area contributed by atoms with Gasteiger partial charge in [-0.2, -0.15) is 0 Å². The van der Waals surface area contributed by atoms with Crippen LogP contribution in [0.1, 0.15) is 19.8 Å². The molecule has 0 radical (unpaired) electrons. The van der Waals surface area contributed by atoms with Crippen molar-refractivity contribution in [2.75, 3.05) is 11.9 Å². The summed E-state index contributed by atoms with van der Waals surface area (Å²) in [6, 6.07) is 5.23. The van der Waals surface area contributed by atoms with Crippen LogP contribution in [0.4, 0.5) is 10.5 Å². The average molecular weight is 456 g/mol. The maximum Gasteiger partial charge on any atom is 0.319 e. The fourth-order valence-corrected chi connectivity index (χ4v) is 4.11. The van der Waals surface area contributed by atoms with Crippen LogP contribution in [-0.2, 0) is 14.4 Å². The number of aliphatic imine (C=N–C) groups is 1. The highest BCUT2D eigenvalue weighted by Gasteiger charge is 2.43. The topological polar surface area (TPSA) is 120 Å². The molecule has 9 nitrogen and oxygen atoms in total. The standard InChI is InChI=1S/C22H22ClN5O4/c1-12-25-17-7-2-13(11-24-22(32)26-15-5-3-14(23)4-6-15)10-16(17)21(31)28(12)18-8-9-19(29)27-20(18)30/h2-7,10,16-18H,8-9,11H2,1H3,(H2,24,26,32)(H,27,29,30). The number of amides is 5. The molecule has 1 saturated heterocycles. The van der Waals surface area contributed by atoms with Crippen LogP contribution in [0, 0.1) is 5.92 Å². The van der Waals surface area contributed by atoms with Gasteiger partial charge in [-0.3, -0.25) is 29.6 Å². The highest BCUT2D eigenvalue weighted by Crippen LogP contribution is 2.29. The monoisotopic (exact) mass is 455 g/mol. The molecular weight excluding hydrogens is 434 g/mol. The lowest BCUT2D eigenvalue weighted by molar-refractivity contribution is -0.144. The summed E-state index contributed by atoms with van der Waals surface area (Å²) in [4.78, 5) is 55.1. The number of rotatable bonds is 4. The summed E-state index contributed by atoms with van der Waals surface area (Å²) in [5.74, 6) is -1.20. The quantitative estimate of drug-likeness (QED) is 0.601. The van der Waals surface area contributed by atoms with Gasteiger partial charge in [-0.15, -0.1) is 0 Å². The van der Waals surface area contributed by atoms with Crippen molar-refractivity contribution in [1.82, 2.24) is 15.5 Å². The number of urea groups is 1.